The number of anilines is 4. The summed E-state index contributed by atoms with van der Waals surface area (Å²) >= 11 is 0. The monoisotopic (exact) mass is 806 g/mol. The summed E-state index contributed by atoms with van der Waals surface area (Å²) in [6.45, 7) is 3.00. The molecule has 6 aromatic carbocycles. The lowest BCUT2D eigenvalue weighted by molar-refractivity contribution is 0.0560. The van der Waals surface area contributed by atoms with Gasteiger partial charge in [-0.2, -0.15) is 0 Å². The van der Waals surface area contributed by atoms with E-state index in [1.54, 1.807) is 14.2 Å². The number of benzene rings is 6. The molecule has 8 bridgehead atoms. The van der Waals surface area contributed by atoms with Gasteiger partial charge < -0.3 is 47.7 Å². The molecule has 3 aliphatic heterocycles. The SMILES string of the molecule is COC1(c2ccccc2)c2cc3ccc2N(C)c2ccc(cc21)OCCOCCOc1ccc2c(c1)C(OC)(c1ccccc1)c1cc(ccc1N2C)OCCOCCO3. The molecule has 0 spiro atoms. The Morgan fingerprint density at radius 3 is 0.933 bits per heavy atom. The number of rotatable bonds is 4. The zero-order chi connectivity index (χ0) is 41.1. The molecule has 308 valence electrons. The Balaban J connectivity index is 1.02. The van der Waals surface area contributed by atoms with Crippen molar-refractivity contribution >= 4 is 22.7 Å². The molecule has 0 aliphatic carbocycles. The molecule has 10 nitrogen and oxygen atoms in total. The number of ether oxygens (including phenoxy) is 8. The normalized spacial score (nSPS) is 20.4. The van der Waals surface area contributed by atoms with Crippen LogP contribution in [0.1, 0.15) is 33.4 Å². The van der Waals surface area contributed by atoms with E-state index >= 15 is 0 Å². The van der Waals surface area contributed by atoms with E-state index in [4.69, 9.17) is 37.9 Å². The van der Waals surface area contributed by atoms with Gasteiger partial charge in [0.1, 0.15) is 60.6 Å². The molecule has 0 unspecified atom stereocenters. The van der Waals surface area contributed by atoms with Crippen LogP contribution in [0.5, 0.6) is 23.0 Å². The molecule has 0 radical (unpaired) electrons. The van der Waals surface area contributed by atoms with Crippen LogP contribution >= 0.6 is 0 Å². The second-order valence-electron chi connectivity index (χ2n) is 15.0. The summed E-state index contributed by atoms with van der Waals surface area (Å²) in [5.74, 6) is 2.88. The minimum absolute atomic E-state index is 0.361. The van der Waals surface area contributed by atoms with Gasteiger partial charge in [-0.3, -0.25) is 0 Å². The molecule has 0 N–H and O–H groups in total. The fraction of sp³-hybridized carbons (Fsp3) is 0.280. The number of methoxy groups -OCH3 is 2. The van der Waals surface area contributed by atoms with Gasteiger partial charge in [-0.15, -0.1) is 0 Å². The van der Waals surface area contributed by atoms with E-state index in [0.717, 1.165) is 79.1 Å². The maximum Gasteiger partial charge on any atom is 0.147 e. The average Bonchev–Trinajstić information content (AvgIpc) is 3.29. The number of hydrogen-bond donors (Lipinski definition) is 0. The lowest BCUT2D eigenvalue weighted by atomic mass is 9.75. The van der Waals surface area contributed by atoms with Crippen molar-refractivity contribution < 1.29 is 37.9 Å². The third-order valence-corrected chi connectivity index (χ3v) is 11.8. The Hall–Kier alpha value is -6.04. The molecule has 0 atom stereocenters. The van der Waals surface area contributed by atoms with Crippen molar-refractivity contribution in [3.8, 4) is 23.0 Å². The smallest absolute Gasteiger partial charge is 0.147 e. The second-order valence-corrected chi connectivity index (χ2v) is 15.0. The van der Waals surface area contributed by atoms with Gasteiger partial charge in [-0.1, -0.05) is 60.7 Å². The highest BCUT2D eigenvalue weighted by molar-refractivity contribution is 5.82. The predicted molar refractivity (Wildman–Crippen MR) is 232 cm³/mol. The Bertz CT molecular complexity index is 2150. The zero-order valence-corrected chi connectivity index (χ0v) is 34.5. The molecule has 6 aromatic rings. The molecule has 0 saturated carbocycles. The zero-order valence-electron chi connectivity index (χ0n) is 34.5. The van der Waals surface area contributed by atoms with Gasteiger partial charge in [0.15, 0.2) is 0 Å². The summed E-state index contributed by atoms with van der Waals surface area (Å²) in [6, 6.07) is 45.3. The standard InChI is InChI=1S/C50H50N2O8/c1-51-45-19-15-37-31-41(45)49(53-3,35-11-7-5-8-12-35)42-32-38(16-20-46(42)51)58-28-24-56-26-30-60-40-18-22-48-44(34-40)50(54-4,36-13-9-6-10-14-36)43-33-39(17-21-47(43)52(48)2)59-29-25-55-23-27-57-37/h5-22,31-34H,23-30H2,1-4H3. The van der Waals surface area contributed by atoms with Crippen LogP contribution in [-0.4, -0.2) is 81.2 Å². The van der Waals surface area contributed by atoms with Gasteiger partial charge in [0, 0.05) is 73.3 Å². The van der Waals surface area contributed by atoms with Crippen molar-refractivity contribution in [1.82, 2.24) is 0 Å². The van der Waals surface area contributed by atoms with Crippen LogP contribution in [0.3, 0.4) is 0 Å². The molecule has 60 heavy (non-hydrogen) atoms. The minimum atomic E-state index is -0.933. The Morgan fingerprint density at radius 1 is 0.383 bits per heavy atom. The number of fused-ring (bicyclic) bond motifs is 4. The first kappa shape index (κ1) is 39.4. The first-order valence-corrected chi connectivity index (χ1v) is 20.4. The highest BCUT2D eigenvalue weighted by Gasteiger charge is 2.46. The maximum atomic E-state index is 6.63. The molecule has 0 fully saturated rings. The molecular weight excluding hydrogens is 757 g/mol. The molecule has 9 rings (SSSR count). The van der Waals surface area contributed by atoms with Crippen LogP contribution in [0.4, 0.5) is 22.7 Å². The summed E-state index contributed by atoms with van der Waals surface area (Å²) in [4.78, 5) is 4.38. The predicted octanol–water partition coefficient (Wildman–Crippen LogP) is 8.99. The van der Waals surface area contributed by atoms with Gasteiger partial charge in [-0.25, -0.2) is 0 Å². The third kappa shape index (κ3) is 6.89. The maximum absolute atomic E-state index is 6.63. The summed E-state index contributed by atoms with van der Waals surface area (Å²) < 4.78 is 50.6. The molecule has 0 aromatic heterocycles. The van der Waals surface area contributed by atoms with Crippen LogP contribution in [0.15, 0.2) is 133 Å². The number of hydrogen-bond acceptors (Lipinski definition) is 10. The van der Waals surface area contributed by atoms with E-state index < -0.39 is 11.2 Å². The van der Waals surface area contributed by atoms with Gasteiger partial charge in [-0.05, 0) is 83.9 Å². The lowest BCUT2D eigenvalue weighted by Gasteiger charge is -2.44. The van der Waals surface area contributed by atoms with E-state index in [1.807, 2.05) is 60.7 Å². The van der Waals surface area contributed by atoms with E-state index in [-0.39, 0.29) is 0 Å². The average molecular weight is 807 g/mol. The largest absolute Gasteiger partial charge is 0.491 e. The van der Waals surface area contributed by atoms with Crippen molar-refractivity contribution in [2.24, 2.45) is 0 Å². The van der Waals surface area contributed by atoms with Crippen molar-refractivity contribution in [2.75, 3.05) is 91.0 Å². The fourth-order valence-corrected chi connectivity index (χ4v) is 8.99. The van der Waals surface area contributed by atoms with Crippen molar-refractivity contribution in [1.29, 1.82) is 0 Å². The Labute approximate surface area is 351 Å². The Morgan fingerprint density at radius 2 is 0.667 bits per heavy atom. The van der Waals surface area contributed by atoms with E-state index in [9.17, 15) is 0 Å². The highest BCUT2D eigenvalue weighted by atomic mass is 16.6. The van der Waals surface area contributed by atoms with E-state index in [1.165, 1.54) is 0 Å². The van der Waals surface area contributed by atoms with Gasteiger partial charge >= 0.3 is 0 Å². The second kappa shape index (κ2) is 16.9. The highest BCUT2D eigenvalue weighted by Crippen LogP contribution is 2.55. The Kier molecular flexibility index (Phi) is 11.1. The molecular formula is C50H50N2O8. The number of nitrogens with zero attached hydrogens (tertiary/aromatic N) is 2. The topological polar surface area (TPSA) is 80.3 Å². The first-order chi connectivity index (χ1) is 29.5. The van der Waals surface area contributed by atoms with Gasteiger partial charge in [0.2, 0.25) is 0 Å². The molecule has 3 aliphatic rings. The fourth-order valence-electron chi connectivity index (χ4n) is 8.99. The summed E-state index contributed by atoms with van der Waals surface area (Å²) in [7, 11) is 7.66. The molecule has 0 saturated heterocycles. The van der Waals surface area contributed by atoms with Crippen LogP contribution < -0.4 is 28.7 Å². The summed E-state index contributed by atoms with van der Waals surface area (Å²) in [5, 5.41) is 0. The van der Waals surface area contributed by atoms with Crippen LogP contribution in [0.25, 0.3) is 0 Å². The summed E-state index contributed by atoms with van der Waals surface area (Å²) in [6.07, 6.45) is 0. The molecule has 10 heteroatoms. The van der Waals surface area contributed by atoms with Crippen molar-refractivity contribution in [2.45, 2.75) is 11.2 Å². The van der Waals surface area contributed by atoms with Crippen LogP contribution in [-0.2, 0) is 30.1 Å². The molecule has 0 amide bonds. The summed E-state index contributed by atoms with van der Waals surface area (Å²) in [5.41, 5.74) is 8.07. The quantitative estimate of drug-likeness (QED) is 0.172. The first-order valence-electron chi connectivity index (χ1n) is 20.4. The third-order valence-electron chi connectivity index (χ3n) is 11.8. The van der Waals surface area contributed by atoms with Crippen LogP contribution in [0, 0.1) is 0 Å². The van der Waals surface area contributed by atoms with Crippen molar-refractivity contribution in [3.63, 3.8) is 0 Å². The van der Waals surface area contributed by atoms with E-state index in [2.05, 4.69) is 96.7 Å². The van der Waals surface area contributed by atoms with E-state index in [0.29, 0.717) is 52.9 Å². The van der Waals surface area contributed by atoms with Crippen molar-refractivity contribution in [3.05, 3.63) is 167 Å². The van der Waals surface area contributed by atoms with Crippen LogP contribution in [0.2, 0.25) is 0 Å². The lowest BCUT2D eigenvalue weighted by Crippen LogP contribution is -2.38. The van der Waals surface area contributed by atoms with Gasteiger partial charge in [0.05, 0.1) is 26.4 Å². The minimum Gasteiger partial charge on any atom is -0.491 e. The molecule has 3 heterocycles. The van der Waals surface area contributed by atoms with Gasteiger partial charge in [0.25, 0.3) is 0 Å².